The molecule has 0 fully saturated rings. The van der Waals surface area contributed by atoms with Crippen LogP contribution in [0.3, 0.4) is 0 Å². The van der Waals surface area contributed by atoms with Crippen molar-refractivity contribution in [2.45, 2.75) is 34.6 Å². The zero-order valence-corrected chi connectivity index (χ0v) is 12.6. The van der Waals surface area contributed by atoms with Gasteiger partial charge < -0.3 is 0 Å². The Hall–Kier alpha value is -1.27. The average molecular weight is 261 g/mol. The lowest BCUT2D eigenvalue weighted by atomic mass is 9.98. The fourth-order valence-electron chi connectivity index (χ4n) is 1.95. The van der Waals surface area contributed by atoms with Crippen molar-refractivity contribution in [3.63, 3.8) is 0 Å². The Morgan fingerprint density at radius 2 is 1.44 bits per heavy atom. The molecule has 0 saturated carbocycles. The molecule has 0 aromatic heterocycles. The number of rotatable bonds is 1. The summed E-state index contributed by atoms with van der Waals surface area (Å²) in [6.07, 6.45) is 0. The molecule has 0 aliphatic heterocycles. The van der Waals surface area contributed by atoms with Crippen molar-refractivity contribution >= 4 is 11.6 Å². The third kappa shape index (κ3) is 3.36. The highest BCUT2D eigenvalue weighted by molar-refractivity contribution is 6.31. The summed E-state index contributed by atoms with van der Waals surface area (Å²) in [5, 5.41) is 0.827. The topological polar surface area (TPSA) is 0 Å². The van der Waals surface area contributed by atoms with E-state index in [0.717, 1.165) is 10.6 Å². The maximum absolute atomic E-state index is 6.03. The van der Waals surface area contributed by atoms with Crippen molar-refractivity contribution in [3.05, 3.63) is 58.1 Å². The van der Waals surface area contributed by atoms with E-state index in [1.165, 1.54) is 22.3 Å². The van der Waals surface area contributed by atoms with Crippen molar-refractivity contribution in [2.75, 3.05) is 0 Å². The van der Waals surface area contributed by atoms with Gasteiger partial charge in [-0.3, -0.25) is 0 Å². The summed E-state index contributed by atoms with van der Waals surface area (Å²) < 4.78 is 0. The van der Waals surface area contributed by atoms with Gasteiger partial charge in [-0.2, -0.15) is 0 Å². The van der Waals surface area contributed by atoms with Crippen LogP contribution in [0.25, 0.3) is 11.1 Å². The van der Waals surface area contributed by atoms with E-state index in [9.17, 15) is 0 Å². The van der Waals surface area contributed by atoms with E-state index in [0.29, 0.717) is 0 Å². The smallest absolute Gasteiger partial charge is 0.0435 e. The summed E-state index contributed by atoms with van der Waals surface area (Å²) in [5.41, 5.74) is 6.25. The molecule has 0 radical (unpaired) electrons. The molecular weight excluding hydrogens is 240 g/mol. The Bertz CT molecular complexity index is 527. The Morgan fingerprint density at radius 1 is 0.778 bits per heavy atom. The highest BCUT2D eigenvalue weighted by Gasteiger charge is 2.03. The SMILES string of the molecule is CC.Cc1ccc(-c2ccc(Cl)c(C)c2)c(C)c1. The molecule has 0 bridgehead atoms. The minimum absolute atomic E-state index is 0.827. The van der Waals surface area contributed by atoms with Crippen LogP contribution in [-0.4, -0.2) is 0 Å². The third-order valence-electron chi connectivity index (χ3n) is 2.85. The van der Waals surface area contributed by atoms with E-state index >= 15 is 0 Å². The minimum Gasteiger partial charge on any atom is -0.0841 e. The van der Waals surface area contributed by atoms with E-state index in [1.807, 2.05) is 26.8 Å². The predicted octanol–water partition coefficient (Wildman–Crippen LogP) is 5.96. The van der Waals surface area contributed by atoms with E-state index in [4.69, 9.17) is 11.6 Å². The lowest BCUT2D eigenvalue weighted by Gasteiger charge is -2.08. The summed E-state index contributed by atoms with van der Waals surface area (Å²) in [7, 11) is 0. The Balaban J connectivity index is 0.000000771. The van der Waals surface area contributed by atoms with Gasteiger partial charge in [0.15, 0.2) is 0 Å². The van der Waals surface area contributed by atoms with Crippen LogP contribution in [0.1, 0.15) is 30.5 Å². The standard InChI is InChI=1S/C15H15Cl.C2H6/c1-10-4-6-14(11(2)8-10)13-5-7-15(16)12(3)9-13;1-2/h4-9H,1-3H3;1-2H3. The normalized spacial score (nSPS) is 9.67. The van der Waals surface area contributed by atoms with Gasteiger partial charge in [0, 0.05) is 5.02 Å². The number of hydrogen-bond acceptors (Lipinski definition) is 0. The fourth-order valence-corrected chi connectivity index (χ4v) is 2.07. The molecular formula is C17H21Cl. The van der Waals surface area contributed by atoms with Gasteiger partial charge in [-0.25, -0.2) is 0 Å². The van der Waals surface area contributed by atoms with Crippen LogP contribution >= 0.6 is 11.6 Å². The monoisotopic (exact) mass is 260 g/mol. The Morgan fingerprint density at radius 3 is 2.00 bits per heavy atom. The molecule has 0 N–H and O–H groups in total. The van der Waals surface area contributed by atoms with Crippen molar-refractivity contribution in [2.24, 2.45) is 0 Å². The van der Waals surface area contributed by atoms with Gasteiger partial charge in [-0.05, 0) is 55.2 Å². The van der Waals surface area contributed by atoms with Crippen molar-refractivity contribution < 1.29 is 0 Å². The molecule has 0 spiro atoms. The zero-order valence-electron chi connectivity index (χ0n) is 11.8. The zero-order chi connectivity index (χ0) is 13.7. The summed E-state index contributed by atoms with van der Waals surface area (Å²) >= 11 is 6.03. The van der Waals surface area contributed by atoms with Crippen molar-refractivity contribution in [3.8, 4) is 11.1 Å². The summed E-state index contributed by atoms with van der Waals surface area (Å²) in [6.45, 7) is 10.3. The molecule has 0 nitrogen and oxygen atoms in total. The van der Waals surface area contributed by atoms with Gasteiger partial charge >= 0.3 is 0 Å². The second-order valence-electron chi connectivity index (χ2n) is 4.28. The molecule has 0 aliphatic rings. The van der Waals surface area contributed by atoms with Gasteiger partial charge in [-0.1, -0.05) is 55.3 Å². The average Bonchev–Trinajstić information content (AvgIpc) is 2.35. The first-order chi connectivity index (χ1) is 8.58. The van der Waals surface area contributed by atoms with Crippen molar-refractivity contribution in [1.82, 2.24) is 0 Å². The molecule has 18 heavy (non-hydrogen) atoms. The van der Waals surface area contributed by atoms with Gasteiger partial charge in [0.05, 0.1) is 0 Å². The van der Waals surface area contributed by atoms with Crippen LogP contribution in [0.4, 0.5) is 0 Å². The van der Waals surface area contributed by atoms with Crippen LogP contribution in [-0.2, 0) is 0 Å². The number of aryl methyl sites for hydroxylation is 3. The molecule has 0 amide bonds. The molecule has 0 atom stereocenters. The summed E-state index contributed by atoms with van der Waals surface area (Å²) in [4.78, 5) is 0. The quantitative estimate of drug-likeness (QED) is 0.594. The molecule has 0 unspecified atom stereocenters. The molecule has 0 heterocycles. The van der Waals surface area contributed by atoms with E-state index in [-0.39, 0.29) is 0 Å². The number of halogens is 1. The second kappa shape index (κ2) is 6.61. The number of hydrogen-bond donors (Lipinski definition) is 0. The minimum atomic E-state index is 0.827. The lowest BCUT2D eigenvalue weighted by Crippen LogP contribution is -1.86. The molecule has 1 heteroatoms. The van der Waals surface area contributed by atoms with E-state index in [1.54, 1.807) is 0 Å². The summed E-state index contributed by atoms with van der Waals surface area (Å²) in [6, 6.07) is 12.7. The molecule has 2 aromatic carbocycles. The highest BCUT2D eigenvalue weighted by atomic mass is 35.5. The van der Waals surface area contributed by atoms with Crippen LogP contribution in [0, 0.1) is 20.8 Å². The Labute approximate surface area is 116 Å². The fraction of sp³-hybridized carbons (Fsp3) is 0.294. The van der Waals surface area contributed by atoms with Gasteiger partial charge in [-0.15, -0.1) is 0 Å². The molecule has 2 aromatic rings. The van der Waals surface area contributed by atoms with Crippen LogP contribution in [0.15, 0.2) is 36.4 Å². The highest BCUT2D eigenvalue weighted by Crippen LogP contribution is 2.27. The predicted molar refractivity (Wildman–Crippen MR) is 82.4 cm³/mol. The first kappa shape index (κ1) is 14.8. The lowest BCUT2D eigenvalue weighted by molar-refractivity contribution is 1.37. The molecule has 0 aliphatic carbocycles. The molecule has 96 valence electrons. The first-order valence-corrected chi connectivity index (χ1v) is 6.79. The maximum Gasteiger partial charge on any atom is 0.0435 e. The third-order valence-corrected chi connectivity index (χ3v) is 3.27. The van der Waals surface area contributed by atoms with Gasteiger partial charge in [0.1, 0.15) is 0 Å². The second-order valence-corrected chi connectivity index (χ2v) is 4.69. The van der Waals surface area contributed by atoms with Crippen LogP contribution in [0.2, 0.25) is 5.02 Å². The van der Waals surface area contributed by atoms with Gasteiger partial charge in [0.2, 0.25) is 0 Å². The van der Waals surface area contributed by atoms with Crippen LogP contribution < -0.4 is 0 Å². The molecule has 0 saturated heterocycles. The van der Waals surface area contributed by atoms with E-state index in [2.05, 4.69) is 44.2 Å². The van der Waals surface area contributed by atoms with Gasteiger partial charge in [0.25, 0.3) is 0 Å². The maximum atomic E-state index is 6.03. The Kier molecular flexibility index (Phi) is 5.43. The van der Waals surface area contributed by atoms with Crippen LogP contribution in [0.5, 0.6) is 0 Å². The largest absolute Gasteiger partial charge is 0.0841 e. The first-order valence-electron chi connectivity index (χ1n) is 6.42. The van der Waals surface area contributed by atoms with E-state index < -0.39 is 0 Å². The number of benzene rings is 2. The van der Waals surface area contributed by atoms with Crippen molar-refractivity contribution in [1.29, 1.82) is 0 Å². The molecule has 2 rings (SSSR count). The summed E-state index contributed by atoms with van der Waals surface area (Å²) in [5.74, 6) is 0.